The van der Waals surface area contributed by atoms with Gasteiger partial charge in [0.25, 0.3) is 5.91 Å². The number of hydrogen-bond acceptors (Lipinski definition) is 4. The maximum Gasteiger partial charge on any atom is 0.259 e. The van der Waals surface area contributed by atoms with Crippen LogP contribution in [0.4, 0.5) is 5.00 Å². The highest BCUT2D eigenvalue weighted by molar-refractivity contribution is 7.16. The van der Waals surface area contributed by atoms with Crippen LogP contribution in [-0.4, -0.2) is 10.9 Å². The van der Waals surface area contributed by atoms with Crippen molar-refractivity contribution in [2.24, 2.45) is 5.92 Å². The minimum Gasteiger partial charge on any atom is -0.312 e. The molecule has 2 aromatic heterocycles. The zero-order valence-electron chi connectivity index (χ0n) is 12.7. The molecule has 23 heavy (non-hydrogen) atoms. The van der Waals surface area contributed by atoms with Crippen LogP contribution >= 0.6 is 22.9 Å². The fourth-order valence-electron chi connectivity index (χ4n) is 2.93. The molecular weight excluding hydrogens is 330 g/mol. The van der Waals surface area contributed by atoms with E-state index in [1.54, 1.807) is 12.1 Å². The highest BCUT2D eigenvalue weighted by Crippen LogP contribution is 2.40. The van der Waals surface area contributed by atoms with Gasteiger partial charge in [0.15, 0.2) is 0 Å². The lowest BCUT2D eigenvalue weighted by Crippen LogP contribution is -2.13. The number of hydrogen-bond donors (Lipinski definition) is 1. The van der Waals surface area contributed by atoms with E-state index in [1.807, 2.05) is 0 Å². The Hall–Kier alpha value is -1.90. The smallest absolute Gasteiger partial charge is 0.259 e. The summed E-state index contributed by atoms with van der Waals surface area (Å²) in [5.74, 6) is 0.342. The number of anilines is 1. The lowest BCUT2D eigenvalue weighted by Gasteiger charge is -2.20. The van der Waals surface area contributed by atoms with E-state index in [9.17, 15) is 10.1 Å². The molecule has 3 rings (SSSR count). The number of carbonyl (C=O) groups is 1. The van der Waals surface area contributed by atoms with Gasteiger partial charge in [-0.2, -0.15) is 5.26 Å². The molecule has 2 aromatic rings. The van der Waals surface area contributed by atoms with E-state index in [1.165, 1.54) is 22.4 Å². The Morgan fingerprint density at radius 1 is 1.61 bits per heavy atom. The Morgan fingerprint density at radius 3 is 3.13 bits per heavy atom. The van der Waals surface area contributed by atoms with E-state index >= 15 is 0 Å². The number of rotatable bonds is 3. The lowest BCUT2D eigenvalue weighted by atomic mass is 9.86. The molecule has 118 valence electrons. The van der Waals surface area contributed by atoms with Gasteiger partial charge in [-0.1, -0.05) is 24.9 Å². The fraction of sp³-hybridized carbons (Fsp3) is 0.353. The van der Waals surface area contributed by atoms with Crippen LogP contribution < -0.4 is 5.32 Å². The van der Waals surface area contributed by atoms with E-state index in [0.717, 1.165) is 31.2 Å². The maximum absolute atomic E-state index is 12.4. The second-order valence-corrected chi connectivity index (χ2v) is 7.10. The molecule has 1 amide bonds. The quantitative estimate of drug-likeness (QED) is 0.836. The summed E-state index contributed by atoms with van der Waals surface area (Å²) >= 11 is 7.48. The van der Waals surface area contributed by atoms with Gasteiger partial charge in [-0.05, 0) is 42.9 Å². The van der Waals surface area contributed by atoms with Crippen LogP contribution in [0.15, 0.2) is 18.3 Å². The Morgan fingerprint density at radius 2 is 2.43 bits per heavy atom. The van der Waals surface area contributed by atoms with Crippen LogP contribution in [0.25, 0.3) is 0 Å². The molecule has 1 N–H and O–H groups in total. The first-order valence-electron chi connectivity index (χ1n) is 7.60. The number of nitrogens with zero attached hydrogens (tertiary/aromatic N) is 2. The van der Waals surface area contributed by atoms with Crippen LogP contribution in [0.5, 0.6) is 0 Å². The molecule has 0 saturated carbocycles. The fourth-order valence-corrected chi connectivity index (χ4v) is 4.45. The molecular formula is C17H16ClN3OS. The van der Waals surface area contributed by atoms with Crippen LogP contribution in [0, 0.1) is 17.2 Å². The Kier molecular flexibility index (Phi) is 4.65. The molecule has 1 aliphatic rings. The second kappa shape index (κ2) is 6.69. The molecule has 0 radical (unpaired) electrons. The van der Waals surface area contributed by atoms with Crippen molar-refractivity contribution >= 4 is 33.8 Å². The van der Waals surface area contributed by atoms with Crippen molar-refractivity contribution in [2.75, 3.05) is 5.32 Å². The van der Waals surface area contributed by atoms with Gasteiger partial charge in [0.1, 0.15) is 16.2 Å². The number of fused-ring (bicyclic) bond motifs is 1. The zero-order chi connectivity index (χ0) is 16.4. The van der Waals surface area contributed by atoms with E-state index in [2.05, 4.69) is 23.3 Å². The summed E-state index contributed by atoms with van der Waals surface area (Å²) in [4.78, 5) is 17.5. The predicted molar refractivity (Wildman–Crippen MR) is 92.0 cm³/mol. The van der Waals surface area contributed by atoms with Crippen molar-refractivity contribution in [3.63, 3.8) is 0 Å². The lowest BCUT2D eigenvalue weighted by molar-refractivity contribution is 0.102. The number of thiophene rings is 1. The van der Waals surface area contributed by atoms with E-state index < -0.39 is 0 Å². The van der Waals surface area contributed by atoms with Gasteiger partial charge in [0.2, 0.25) is 0 Å². The molecule has 0 bridgehead atoms. The van der Waals surface area contributed by atoms with Crippen molar-refractivity contribution in [3.8, 4) is 6.07 Å². The van der Waals surface area contributed by atoms with Gasteiger partial charge in [-0.3, -0.25) is 4.79 Å². The summed E-state index contributed by atoms with van der Waals surface area (Å²) < 4.78 is 0. The van der Waals surface area contributed by atoms with E-state index in [4.69, 9.17) is 11.6 Å². The molecule has 0 saturated heterocycles. The van der Waals surface area contributed by atoms with E-state index in [-0.39, 0.29) is 11.1 Å². The number of amides is 1. The molecule has 1 unspecified atom stereocenters. The Balaban J connectivity index is 1.90. The highest BCUT2D eigenvalue weighted by Gasteiger charge is 2.26. The third kappa shape index (κ3) is 3.10. The number of nitrogens with one attached hydrogen (secondary N) is 1. The normalized spacial score (nSPS) is 16.5. The van der Waals surface area contributed by atoms with Gasteiger partial charge in [0, 0.05) is 11.1 Å². The zero-order valence-corrected chi connectivity index (χ0v) is 14.3. The molecule has 0 aromatic carbocycles. The van der Waals surface area contributed by atoms with Gasteiger partial charge in [-0.25, -0.2) is 4.98 Å². The van der Waals surface area contributed by atoms with Crippen molar-refractivity contribution in [3.05, 3.63) is 45.1 Å². The monoisotopic (exact) mass is 345 g/mol. The summed E-state index contributed by atoms with van der Waals surface area (Å²) in [6, 6.07) is 5.54. The minimum atomic E-state index is -0.328. The first kappa shape index (κ1) is 16.0. The maximum atomic E-state index is 12.4. The molecule has 2 heterocycles. The Labute approximate surface area is 144 Å². The third-order valence-electron chi connectivity index (χ3n) is 4.29. The number of aromatic nitrogens is 1. The largest absolute Gasteiger partial charge is 0.312 e. The Bertz CT molecular complexity index is 794. The van der Waals surface area contributed by atoms with Crippen molar-refractivity contribution in [2.45, 2.75) is 32.6 Å². The first-order chi connectivity index (χ1) is 11.1. The molecule has 1 aliphatic carbocycles. The average Bonchev–Trinajstić information content (AvgIpc) is 2.90. The predicted octanol–water partition coefficient (Wildman–Crippen LogP) is 4.44. The van der Waals surface area contributed by atoms with Crippen molar-refractivity contribution < 1.29 is 4.79 Å². The minimum absolute atomic E-state index is 0.163. The standard InChI is InChI=1S/C17H16ClN3OS/c1-2-10-5-6-11-13(9-19)17(23-14(11)8-10)21-16(22)12-4-3-7-20-15(12)18/h3-4,7,10H,2,5-6,8H2,1H3,(H,21,22). The summed E-state index contributed by atoms with van der Waals surface area (Å²) in [6.45, 7) is 2.20. The van der Waals surface area contributed by atoms with Gasteiger partial charge >= 0.3 is 0 Å². The molecule has 0 spiro atoms. The van der Waals surface area contributed by atoms with Gasteiger partial charge in [0.05, 0.1) is 11.1 Å². The van der Waals surface area contributed by atoms with Gasteiger partial charge < -0.3 is 5.32 Å². The number of halogens is 1. The van der Waals surface area contributed by atoms with Crippen molar-refractivity contribution in [1.29, 1.82) is 5.26 Å². The topological polar surface area (TPSA) is 65.8 Å². The molecule has 4 nitrogen and oxygen atoms in total. The summed E-state index contributed by atoms with van der Waals surface area (Å²) in [5.41, 5.74) is 2.03. The van der Waals surface area contributed by atoms with Crippen LogP contribution in [0.1, 0.15) is 46.1 Å². The summed E-state index contributed by atoms with van der Waals surface area (Å²) in [5, 5.41) is 13.1. The highest BCUT2D eigenvalue weighted by atomic mass is 35.5. The number of carbonyl (C=O) groups excluding carboxylic acids is 1. The second-order valence-electron chi connectivity index (χ2n) is 5.63. The number of pyridine rings is 1. The van der Waals surface area contributed by atoms with Crippen LogP contribution in [-0.2, 0) is 12.8 Å². The third-order valence-corrected chi connectivity index (χ3v) is 5.76. The molecule has 1 atom stereocenters. The van der Waals surface area contributed by atoms with Crippen LogP contribution in [0.3, 0.4) is 0 Å². The average molecular weight is 346 g/mol. The molecule has 0 fully saturated rings. The first-order valence-corrected chi connectivity index (χ1v) is 8.80. The molecule has 6 heteroatoms. The van der Waals surface area contributed by atoms with E-state index in [0.29, 0.717) is 22.0 Å². The molecule has 0 aliphatic heterocycles. The SMILES string of the molecule is CCC1CCc2c(sc(NC(=O)c3cccnc3Cl)c2C#N)C1. The summed E-state index contributed by atoms with van der Waals surface area (Å²) in [7, 11) is 0. The number of nitriles is 1. The van der Waals surface area contributed by atoms with Crippen molar-refractivity contribution in [1.82, 2.24) is 4.98 Å². The summed E-state index contributed by atoms with van der Waals surface area (Å²) in [6.07, 6.45) is 5.70. The van der Waals surface area contributed by atoms with Crippen LogP contribution in [0.2, 0.25) is 5.15 Å². The van der Waals surface area contributed by atoms with Gasteiger partial charge in [-0.15, -0.1) is 11.3 Å².